The van der Waals surface area contributed by atoms with Crippen LogP contribution in [0, 0.1) is 11.3 Å². The van der Waals surface area contributed by atoms with Crippen LogP contribution in [0.15, 0.2) is 0 Å². The lowest BCUT2D eigenvalue weighted by Crippen LogP contribution is -2.35. The molecule has 1 fully saturated rings. The molecule has 3 heteroatoms. The third-order valence-corrected chi connectivity index (χ3v) is 4.48. The van der Waals surface area contributed by atoms with E-state index < -0.39 is 5.92 Å². The minimum Gasteiger partial charge on any atom is -0.316 e. The highest BCUT2D eigenvalue weighted by Gasteiger charge is 2.42. The highest BCUT2D eigenvalue weighted by Crippen LogP contribution is 2.45. The summed E-state index contributed by atoms with van der Waals surface area (Å²) in [6.07, 6.45) is 4.05. The van der Waals surface area contributed by atoms with Gasteiger partial charge in [-0.3, -0.25) is 0 Å². The first-order valence-corrected chi connectivity index (χ1v) is 7.05. The number of nitrogens with one attached hydrogen (secondary N) is 1. The average Bonchev–Trinajstić information content (AvgIpc) is 2.64. The molecule has 0 amide bonds. The maximum atomic E-state index is 13.2. The molecular weight excluding hydrogens is 220 g/mol. The molecule has 0 heterocycles. The highest BCUT2D eigenvalue weighted by atomic mass is 19.3. The van der Waals surface area contributed by atoms with Crippen LogP contribution in [0.5, 0.6) is 0 Å². The Morgan fingerprint density at radius 3 is 2.29 bits per heavy atom. The van der Waals surface area contributed by atoms with E-state index in [1.54, 1.807) is 0 Å². The fourth-order valence-corrected chi connectivity index (χ4v) is 3.08. The lowest BCUT2D eigenvalue weighted by atomic mass is 9.74. The Morgan fingerprint density at radius 1 is 1.24 bits per heavy atom. The van der Waals surface area contributed by atoms with Crippen molar-refractivity contribution in [3.63, 3.8) is 0 Å². The minimum absolute atomic E-state index is 0.0996. The van der Waals surface area contributed by atoms with Crippen LogP contribution in [0.25, 0.3) is 0 Å². The Bertz CT molecular complexity index is 224. The highest BCUT2D eigenvalue weighted by molar-refractivity contribution is 4.88. The number of hydrogen-bond donors (Lipinski definition) is 1. The van der Waals surface area contributed by atoms with Crippen molar-refractivity contribution in [1.29, 1.82) is 0 Å². The van der Waals surface area contributed by atoms with Crippen LogP contribution in [0.3, 0.4) is 0 Å². The van der Waals surface area contributed by atoms with E-state index in [0.717, 1.165) is 32.4 Å². The smallest absolute Gasteiger partial charge is 0.248 e. The molecular formula is C14H27F2N. The molecule has 1 unspecified atom stereocenters. The van der Waals surface area contributed by atoms with Gasteiger partial charge in [0.2, 0.25) is 5.92 Å². The van der Waals surface area contributed by atoms with Crippen molar-refractivity contribution in [1.82, 2.24) is 5.32 Å². The predicted molar refractivity (Wildman–Crippen MR) is 68.5 cm³/mol. The van der Waals surface area contributed by atoms with Crippen molar-refractivity contribution in [3.05, 3.63) is 0 Å². The Balaban J connectivity index is 2.54. The van der Waals surface area contributed by atoms with Crippen molar-refractivity contribution in [3.8, 4) is 0 Å². The van der Waals surface area contributed by atoms with Gasteiger partial charge in [0.05, 0.1) is 0 Å². The van der Waals surface area contributed by atoms with Crippen LogP contribution in [0.1, 0.15) is 59.3 Å². The Labute approximate surface area is 104 Å². The second-order valence-electron chi connectivity index (χ2n) is 5.66. The molecule has 0 aromatic rings. The van der Waals surface area contributed by atoms with Crippen LogP contribution < -0.4 is 5.32 Å². The second kappa shape index (κ2) is 6.12. The van der Waals surface area contributed by atoms with Gasteiger partial charge in [0.15, 0.2) is 0 Å². The van der Waals surface area contributed by atoms with E-state index >= 15 is 0 Å². The van der Waals surface area contributed by atoms with E-state index in [4.69, 9.17) is 0 Å². The molecule has 0 bridgehead atoms. The van der Waals surface area contributed by atoms with Gasteiger partial charge >= 0.3 is 0 Å². The summed E-state index contributed by atoms with van der Waals surface area (Å²) in [6.45, 7) is 8.41. The molecule has 1 aliphatic carbocycles. The lowest BCUT2D eigenvalue weighted by molar-refractivity contribution is 0.00235. The van der Waals surface area contributed by atoms with Crippen molar-refractivity contribution in [2.45, 2.75) is 65.2 Å². The maximum Gasteiger partial charge on any atom is 0.248 e. The van der Waals surface area contributed by atoms with Gasteiger partial charge in [0.25, 0.3) is 0 Å². The summed E-state index contributed by atoms with van der Waals surface area (Å²) in [7, 11) is 0. The lowest BCUT2D eigenvalue weighted by Gasteiger charge is -2.34. The zero-order chi connectivity index (χ0) is 12.9. The first-order chi connectivity index (χ1) is 7.97. The van der Waals surface area contributed by atoms with Gasteiger partial charge in [-0.1, -0.05) is 20.8 Å². The minimum atomic E-state index is -2.39. The van der Waals surface area contributed by atoms with Crippen LogP contribution in [-0.2, 0) is 0 Å². The summed E-state index contributed by atoms with van der Waals surface area (Å²) >= 11 is 0. The van der Waals surface area contributed by atoms with E-state index in [1.807, 2.05) is 0 Å². The molecule has 0 radical (unpaired) electrons. The number of rotatable bonds is 7. The number of alkyl halides is 2. The van der Waals surface area contributed by atoms with Gasteiger partial charge in [-0.05, 0) is 43.6 Å². The van der Waals surface area contributed by atoms with E-state index in [2.05, 4.69) is 26.1 Å². The van der Waals surface area contributed by atoms with Crippen LogP contribution in [-0.4, -0.2) is 19.0 Å². The SMILES string of the molecule is CCNCC(CC)(CC)CC1CCC(F)(F)C1. The van der Waals surface area contributed by atoms with E-state index in [-0.39, 0.29) is 24.2 Å². The first-order valence-electron chi connectivity index (χ1n) is 7.05. The molecule has 0 aromatic carbocycles. The Kier molecular flexibility index (Phi) is 5.36. The predicted octanol–water partition coefficient (Wildman–Crippen LogP) is 4.23. The molecule has 0 saturated heterocycles. The Hall–Kier alpha value is -0.180. The molecule has 0 aliphatic heterocycles. The van der Waals surface area contributed by atoms with Gasteiger partial charge in [-0.25, -0.2) is 8.78 Å². The van der Waals surface area contributed by atoms with Crippen molar-refractivity contribution < 1.29 is 8.78 Å². The maximum absolute atomic E-state index is 13.2. The molecule has 0 aromatic heterocycles. The molecule has 102 valence electrons. The first kappa shape index (κ1) is 14.9. The van der Waals surface area contributed by atoms with Crippen molar-refractivity contribution in [2.24, 2.45) is 11.3 Å². The fourth-order valence-electron chi connectivity index (χ4n) is 3.08. The molecule has 1 aliphatic rings. The van der Waals surface area contributed by atoms with E-state index in [1.165, 1.54) is 0 Å². The normalized spacial score (nSPS) is 24.2. The fraction of sp³-hybridized carbons (Fsp3) is 1.00. The number of halogens is 2. The summed E-state index contributed by atoms with van der Waals surface area (Å²) in [4.78, 5) is 0. The molecule has 1 atom stereocenters. The van der Waals surface area contributed by atoms with E-state index in [0.29, 0.717) is 6.42 Å². The van der Waals surface area contributed by atoms with Crippen LogP contribution in [0.2, 0.25) is 0 Å². The van der Waals surface area contributed by atoms with Gasteiger partial charge in [0, 0.05) is 19.4 Å². The quantitative estimate of drug-likeness (QED) is 0.710. The summed E-state index contributed by atoms with van der Waals surface area (Å²) < 4.78 is 26.4. The molecule has 1 N–H and O–H groups in total. The van der Waals surface area contributed by atoms with E-state index in [9.17, 15) is 8.78 Å². The summed E-state index contributed by atoms with van der Waals surface area (Å²) in [5, 5.41) is 3.40. The topological polar surface area (TPSA) is 12.0 Å². The molecule has 17 heavy (non-hydrogen) atoms. The largest absolute Gasteiger partial charge is 0.316 e. The van der Waals surface area contributed by atoms with Crippen molar-refractivity contribution in [2.75, 3.05) is 13.1 Å². The third kappa shape index (κ3) is 4.20. The summed E-state index contributed by atoms with van der Waals surface area (Å²) in [5.41, 5.74) is 0.223. The van der Waals surface area contributed by atoms with Crippen LogP contribution in [0.4, 0.5) is 8.78 Å². The molecule has 1 rings (SSSR count). The third-order valence-electron chi connectivity index (χ3n) is 4.48. The zero-order valence-electron chi connectivity index (χ0n) is 11.5. The zero-order valence-corrected chi connectivity index (χ0v) is 11.5. The Morgan fingerprint density at radius 2 is 1.88 bits per heavy atom. The van der Waals surface area contributed by atoms with Gasteiger partial charge in [-0.2, -0.15) is 0 Å². The van der Waals surface area contributed by atoms with Crippen LogP contribution >= 0.6 is 0 Å². The number of hydrogen-bond acceptors (Lipinski definition) is 1. The molecule has 1 saturated carbocycles. The summed E-state index contributed by atoms with van der Waals surface area (Å²) in [6, 6.07) is 0. The molecule has 0 spiro atoms. The van der Waals surface area contributed by atoms with Crippen molar-refractivity contribution >= 4 is 0 Å². The monoisotopic (exact) mass is 247 g/mol. The second-order valence-corrected chi connectivity index (χ2v) is 5.66. The average molecular weight is 247 g/mol. The molecule has 1 nitrogen and oxygen atoms in total. The standard InChI is InChI=1S/C14H27F2N/c1-4-13(5-2,11-17-6-3)9-12-7-8-14(15,16)10-12/h12,17H,4-11H2,1-3H3. The van der Waals surface area contributed by atoms with Gasteiger partial charge in [-0.15, -0.1) is 0 Å². The summed E-state index contributed by atoms with van der Waals surface area (Å²) in [5.74, 6) is -2.17. The van der Waals surface area contributed by atoms with Gasteiger partial charge < -0.3 is 5.32 Å². The van der Waals surface area contributed by atoms with Gasteiger partial charge in [0.1, 0.15) is 0 Å².